The van der Waals surface area contributed by atoms with Crippen molar-refractivity contribution in [3.8, 4) is 0 Å². The first kappa shape index (κ1) is 19.5. The molecule has 24 heavy (non-hydrogen) atoms. The van der Waals surface area contributed by atoms with Gasteiger partial charge in [-0.1, -0.05) is 0 Å². The van der Waals surface area contributed by atoms with Crippen LogP contribution in [0.25, 0.3) is 0 Å². The SMILES string of the molecule is O=C(CCCNC(=O)CCN1C(=O)CCC1=O)CCC(=O)C(=O)O. The normalized spacial score (nSPS) is 13.9. The third-order valence-corrected chi connectivity index (χ3v) is 3.54. The molecule has 1 saturated heterocycles. The molecule has 3 amide bonds. The van der Waals surface area contributed by atoms with E-state index in [2.05, 4.69) is 5.32 Å². The van der Waals surface area contributed by atoms with E-state index < -0.39 is 11.8 Å². The van der Waals surface area contributed by atoms with Crippen molar-refractivity contribution in [3.63, 3.8) is 0 Å². The second-order valence-electron chi connectivity index (χ2n) is 5.41. The van der Waals surface area contributed by atoms with E-state index >= 15 is 0 Å². The van der Waals surface area contributed by atoms with Crippen LogP contribution in [0.15, 0.2) is 0 Å². The van der Waals surface area contributed by atoms with E-state index in [1.807, 2.05) is 0 Å². The summed E-state index contributed by atoms with van der Waals surface area (Å²) in [6.45, 7) is 0.305. The maximum Gasteiger partial charge on any atom is 0.372 e. The number of ketones is 2. The third-order valence-electron chi connectivity index (χ3n) is 3.54. The van der Waals surface area contributed by atoms with Crippen LogP contribution in [0.5, 0.6) is 0 Å². The van der Waals surface area contributed by atoms with Crippen LogP contribution >= 0.6 is 0 Å². The second-order valence-corrected chi connectivity index (χ2v) is 5.41. The number of carboxylic acid groups (broad SMARTS) is 1. The van der Waals surface area contributed by atoms with Gasteiger partial charge in [0, 0.05) is 51.6 Å². The fourth-order valence-electron chi connectivity index (χ4n) is 2.17. The van der Waals surface area contributed by atoms with E-state index in [1.54, 1.807) is 0 Å². The summed E-state index contributed by atoms with van der Waals surface area (Å²) in [6, 6.07) is 0. The molecule has 0 aromatic rings. The lowest BCUT2D eigenvalue weighted by Gasteiger charge is -2.13. The van der Waals surface area contributed by atoms with Crippen LogP contribution in [0.2, 0.25) is 0 Å². The summed E-state index contributed by atoms with van der Waals surface area (Å²) in [5.41, 5.74) is 0. The number of likely N-dealkylation sites (tertiary alicyclic amines) is 1. The molecule has 0 aromatic heterocycles. The Morgan fingerprint density at radius 1 is 0.958 bits per heavy atom. The number of carboxylic acids is 1. The average molecular weight is 340 g/mol. The molecule has 0 spiro atoms. The van der Waals surface area contributed by atoms with E-state index in [4.69, 9.17) is 5.11 Å². The first-order valence-electron chi connectivity index (χ1n) is 7.69. The van der Waals surface area contributed by atoms with Gasteiger partial charge in [-0.25, -0.2) is 4.79 Å². The molecule has 0 unspecified atom stereocenters. The summed E-state index contributed by atoms with van der Waals surface area (Å²) in [5, 5.41) is 11.0. The molecule has 132 valence electrons. The predicted octanol–water partition coefficient (Wildman–Crippen LogP) is -0.575. The van der Waals surface area contributed by atoms with E-state index in [9.17, 15) is 28.8 Å². The number of aliphatic carboxylic acids is 1. The van der Waals surface area contributed by atoms with Gasteiger partial charge in [0.05, 0.1) is 0 Å². The molecule has 0 atom stereocenters. The van der Waals surface area contributed by atoms with Gasteiger partial charge in [-0.3, -0.25) is 28.9 Å². The summed E-state index contributed by atoms with van der Waals surface area (Å²) < 4.78 is 0. The molecular weight excluding hydrogens is 320 g/mol. The van der Waals surface area contributed by atoms with Crippen molar-refractivity contribution in [2.75, 3.05) is 13.1 Å². The van der Waals surface area contributed by atoms with Crippen LogP contribution < -0.4 is 5.32 Å². The smallest absolute Gasteiger partial charge is 0.372 e. The predicted molar refractivity (Wildman–Crippen MR) is 79.7 cm³/mol. The lowest BCUT2D eigenvalue weighted by molar-refractivity contribution is -0.149. The standard InChI is InChI=1S/C15H20N2O7/c18-10(3-4-11(19)15(23)24)2-1-8-16-12(20)7-9-17-13(21)5-6-14(17)22/h1-9H2,(H,16,20)(H,23,24). The quantitative estimate of drug-likeness (QED) is 0.292. The molecule has 0 bridgehead atoms. The molecule has 0 aromatic carbocycles. The molecule has 1 aliphatic heterocycles. The molecule has 1 rings (SSSR count). The number of carbonyl (C=O) groups excluding carboxylic acids is 5. The Balaban J connectivity index is 2.10. The Morgan fingerprint density at radius 2 is 1.58 bits per heavy atom. The van der Waals surface area contributed by atoms with E-state index in [0.29, 0.717) is 6.42 Å². The number of nitrogens with zero attached hydrogens (tertiary/aromatic N) is 1. The minimum Gasteiger partial charge on any atom is -0.476 e. The average Bonchev–Trinajstić information content (AvgIpc) is 2.85. The van der Waals surface area contributed by atoms with Crippen molar-refractivity contribution >= 4 is 35.3 Å². The van der Waals surface area contributed by atoms with Crippen molar-refractivity contribution in [1.29, 1.82) is 0 Å². The van der Waals surface area contributed by atoms with Crippen LogP contribution in [0.1, 0.15) is 44.9 Å². The fourth-order valence-corrected chi connectivity index (χ4v) is 2.17. The Bertz CT molecular complexity index is 540. The van der Waals surface area contributed by atoms with Gasteiger partial charge in [0.1, 0.15) is 5.78 Å². The largest absolute Gasteiger partial charge is 0.476 e. The fraction of sp³-hybridized carbons (Fsp3) is 0.600. The van der Waals surface area contributed by atoms with Crippen molar-refractivity contribution in [3.05, 3.63) is 0 Å². The Morgan fingerprint density at radius 3 is 2.17 bits per heavy atom. The summed E-state index contributed by atoms with van der Waals surface area (Å²) in [6.07, 6.45) is 0.443. The van der Waals surface area contributed by atoms with Crippen molar-refractivity contribution in [2.45, 2.75) is 44.9 Å². The maximum absolute atomic E-state index is 11.6. The van der Waals surface area contributed by atoms with Gasteiger partial charge in [0.25, 0.3) is 0 Å². The monoisotopic (exact) mass is 340 g/mol. The van der Waals surface area contributed by atoms with E-state index in [-0.39, 0.29) is 75.1 Å². The zero-order valence-electron chi connectivity index (χ0n) is 13.2. The topological polar surface area (TPSA) is 138 Å². The minimum absolute atomic E-state index is 0.0124. The lowest BCUT2D eigenvalue weighted by atomic mass is 10.1. The molecule has 0 aliphatic carbocycles. The third kappa shape index (κ3) is 6.67. The van der Waals surface area contributed by atoms with Gasteiger partial charge in [-0.05, 0) is 6.42 Å². The second kappa shape index (κ2) is 9.53. The zero-order chi connectivity index (χ0) is 18.1. The number of carbonyl (C=O) groups is 6. The Hall–Kier alpha value is -2.58. The highest BCUT2D eigenvalue weighted by molar-refractivity contribution is 6.32. The highest BCUT2D eigenvalue weighted by Gasteiger charge is 2.28. The minimum atomic E-state index is -1.55. The molecule has 0 saturated carbocycles. The van der Waals surface area contributed by atoms with Crippen LogP contribution in [0.3, 0.4) is 0 Å². The van der Waals surface area contributed by atoms with Gasteiger partial charge >= 0.3 is 5.97 Å². The number of imide groups is 1. The first-order chi connectivity index (χ1) is 11.3. The summed E-state index contributed by atoms with van der Waals surface area (Å²) in [4.78, 5) is 68.0. The first-order valence-corrected chi connectivity index (χ1v) is 7.69. The molecule has 9 heteroatoms. The van der Waals surface area contributed by atoms with E-state index in [0.717, 1.165) is 4.90 Å². The number of amides is 3. The number of rotatable bonds is 11. The van der Waals surface area contributed by atoms with Crippen LogP contribution in [-0.2, 0) is 28.8 Å². The number of hydrogen-bond donors (Lipinski definition) is 2. The maximum atomic E-state index is 11.6. The molecule has 1 aliphatic rings. The van der Waals surface area contributed by atoms with Crippen molar-refractivity contribution < 1.29 is 33.9 Å². The van der Waals surface area contributed by atoms with Gasteiger partial charge in [-0.15, -0.1) is 0 Å². The molecular formula is C15H20N2O7. The van der Waals surface area contributed by atoms with Gasteiger partial charge in [-0.2, -0.15) is 0 Å². The molecule has 0 radical (unpaired) electrons. The summed E-state index contributed by atoms with van der Waals surface area (Å²) >= 11 is 0. The lowest BCUT2D eigenvalue weighted by Crippen LogP contribution is -2.34. The molecule has 2 N–H and O–H groups in total. The Labute approximate surface area is 138 Å². The highest BCUT2D eigenvalue weighted by Crippen LogP contribution is 2.11. The number of hydrogen-bond acceptors (Lipinski definition) is 6. The van der Waals surface area contributed by atoms with Crippen LogP contribution in [0, 0.1) is 0 Å². The van der Waals surface area contributed by atoms with Crippen LogP contribution in [0.4, 0.5) is 0 Å². The Kier molecular flexibility index (Phi) is 7.73. The molecule has 1 heterocycles. The highest BCUT2D eigenvalue weighted by atomic mass is 16.4. The molecule has 9 nitrogen and oxygen atoms in total. The van der Waals surface area contributed by atoms with Crippen molar-refractivity contribution in [2.24, 2.45) is 0 Å². The van der Waals surface area contributed by atoms with Gasteiger partial charge in [0.15, 0.2) is 0 Å². The number of nitrogens with one attached hydrogen (secondary N) is 1. The zero-order valence-corrected chi connectivity index (χ0v) is 13.2. The summed E-state index contributed by atoms with van der Waals surface area (Å²) in [7, 11) is 0. The van der Waals surface area contributed by atoms with Crippen molar-refractivity contribution in [1.82, 2.24) is 10.2 Å². The molecule has 1 fully saturated rings. The van der Waals surface area contributed by atoms with Crippen LogP contribution in [-0.4, -0.2) is 58.4 Å². The summed E-state index contributed by atoms with van der Waals surface area (Å²) in [5.74, 6) is -3.65. The van der Waals surface area contributed by atoms with E-state index in [1.165, 1.54) is 0 Å². The number of Topliss-reactive ketones (excluding diaryl/α,β-unsaturated/α-hetero) is 2. The van der Waals surface area contributed by atoms with Gasteiger partial charge < -0.3 is 10.4 Å². The van der Waals surface area contributed by atoms with Gasteiger partial charge in [0.2, 0.25) is 23.5 Å².